The number of hydrogen-bond donors (Lipinski definition) is 0. The molecule has 19 heavy (non-hydrogen) atoms. The van der Waals surface area contributed by atoms with Gasteiger partial charge in [-0.1, -0.05) is 33.3 Å². The SMILES string of the molecule is CC(=O)OCC1=CCC2(C)CC1C1(C)CCCC21C. The van der Waals surface area contributed by atoms with E-state index in [9.17, 15) is 4.79 Å². The van der Waals surface area contributed by atoms with E-state index < -0.39 is 0 Å². The first-order valence-electron chi connectivity index (χ1n) is 7.65. The molecule has 3 rings (SSSR count). The molecule has 0 saturated heterocycles. The van der Waals surface area contributed by atoms with Crippen LogP contribution in [0.25, 0.3) is 0 Å². The van der Waals surface area contributed by atoms with Gasteiger partial charge in [0, 0.05) is 6.92 Å². The number of fused-ring (bicyclic) bond motifs is 5. The number of allylic oxidation sites excluding steroid dienone is 1. The lowest BCUT2D eigenvalue weighted by atomic mass is 9.59. The topological polar surface area (TPSA) is 26.3 Å². The highest BCUT2D eigenvalue weighted by Crippen LogP contribution is 2.76. The number of ether oxygens (including phenoxy) is 1. The molecule has 3 aliphatic carbocycles. The summed E-state index contributed by atoms with van der Waals surface area (Å²) in [7, 11) is 0. The Bertz CT molecular complexity index is 452. The Morgan fingerprint density at radius 1 is 1.37 bits per heavy atom. The van der Waals surface area contributed by atoms with Crippen molar-refractivity contribution in [3.63, 3.8) is 0 Å². The maximum absolute atomic E-state index is 11.1. The molecule has 2 saturated carbocycles. The highest BCUT2D eigenvalue weighted by atomic mass is 16.5. The molecule has 0 amide bonds. The van der Waals surface area contributed by atoms with Gasteiger partial charge in [0.05, 0.1) is 0 Å². The van der Waals surface area contributed by atoms with Crippen molar-refractivity contribution in [1.29, 1.82) is 0 Å². The number of hydrogen-bond acceptors (Lipinski definition) is 2. The highest BCUT2D eigenvalue weighted by molar-refractivity contribution is 5.66. The molecule has 4 unspecified atom stereocenters. The van der Waals surface area contributed by atoms with Crippen LogP contribution in [0.5, 0.6) is 0 Å². The van der Waals surface area contributed by atoms with E-state index in [1.165, 1.54) is 38.2 Å². The molecule has 0 radical (unpaired) electrons. The van der Waals surface area contributed by atoms with E-state index in [2.05, 4.69) is 26.8 Å². The van der Waals surface area contributed by atoms with Gasteiger partial charge in [0.2, 0.25) is 0 Å². The Labute approximate surface area is 116 Å². The largest absolute Gasteiger partial charge is 0.461 e. The van der Waals surface area contributed by atoms with Crippen LogP contribution in [0.3, 0.4) is 0 Å². The van der Waals surface area contributed by atoms with Crippen LogP contribution < -0.4 is 0 Å². The third-order valence-electron chi connectivity index (χ3n) is 7.09. The normalized spacial score (nSPS) is 47.8. The van der Waals surface area contributed by atoms with Crippen molar-refractivity contribution in [2.45, 2.75) is 59.8 Å². The van der Waals surface area contributed by atoms with E-state index in [0.29, 0.717) is 28.8 Å². The van der Waals surface area contributed by atoms with Crippen molar-refractivity contribution in [2.24, 2.45) is 22.2 Å². The second kappa shape index (κ2) is 3.86. The van der Waals surface area contributed by atoms with E-state index in [4.69, 9.17) is 4.74 Å². The maximum atomic E-state index is 11.1. The van der Waals surface area contributed by atoms with Gasteiger partial charge in [0.1, 0.15) is 6.61 Å². The zero-order valence-corrected chi connectivity index (χ0v) is 12.7. The van der Waals surface area contributed by atoms with Gasteiger partial charge in [-0.25, -0.2) is 0 Å². The number of esters is 1. The summed E-state index contributed by atoms with van der Waals surface area (Å²) in [5.74, 6) is 0.463. The van der Waals surface area contributed by atoms with E-state index in [0.717, 1.165) is 6.42 Å². The van der Waals surface area contributed by atoms with Crippen molar-refractivity contribution >= 4 is 5.97 Å². The summed E-state index contributed by atoms with van der Waals surface area (Å²) in [6, 6.07) is 0. The molecule has 0 N–H and O–H groups in total. The van der Waals surface area contributed by atoms with Crippen molar-refractivity contribution < 1.29 is 9.53 Å². The maximum Gasteiger partial charge on any atom is 0.302 e. The Balaban J connectivity index is 1.93. The van der Waals surface area contributed by atoms with E-state index >= 15 is 0 Å². The van der Waals surface area contributed by atoms with E-state index in [1.807, 2.05) is 0 Å². The molecule has 0 aliphatic heterocycles. The standard InChI is InChI=1S/C17H26O2/c1-12(18)19-11-13-6-9-15(2)10-14(13)16(3)7-5-8-17(15,16)4/h6,14H,5,7-11H2,1-4H3. The average molecular weight is 262 g/mol. The molecule has 0 aromatic carbocycles. The molecule has 3 aliphatic rings. The van der Waals surface area contributed by atoms with E-state index in [-0.39, 0.29) is 5.97 Å². The fourth-order valence-electron chi connectivity index (χ4n) is 5.51. The Morgan fingerprint density at radius 2 is 2.11 bits per heavy atom. The van der Waals surface area contributed by atoms with Gasteiger partial charge in [0.15, 0.2) is 0 Å². The molecule has 2 nitrogen and oxygen atoms in total. The van der Waals surface area contributed by atoms with Crippen LogP contribution in [-0.2, 0) is 9.53 Å². The Kier molecular flexibility index (Phi) is 2.69. The van der Waals surface area contributed by atoms with Gasteiger partial charge in [-0.15, -0.1) is 0 Å². The molecule has 2 fully saturated rings. The van der Waals surface area contributed by atoms with Crippen molar-refractivity contribution in [3.8, 4) is 0 Å². The smallest absolute Gasteiger partial charge is 0.302 e. The molecule has 0 spiro atoms. The van der Waals surface area contributed by atoms with Crippen LogP contribution in [0, 0.1) is 22.2 Å². The van der Waals surface area contributed by atoms with Gasteiger partial charge in [-0.3, -0.25) is 4.79 Å². The highest BCUT2D eigenvalue weighted by Gasteiger charge is 2.68. The van der Waals surface area contributed by atoms with Crippen molar-refractivity contribution in [2.75, 3.05) is 6.61 Å². The summed E-state index contributed by atoms with van der Waals surface area (Å²) in [5, 5.41) is 0. The second-order valence-electron chi connectivity index (χ2n) is 7.68. The Morgan fingerprint density at radius 3 is 2.79 bits per heavy atom. The monoisotopic (exact) mass is 262 g/mol. The van der Waals surface area contributed by atoms with Crippen LogP contribution in [0.15, 0.2) is 11.6 Å². The summed E-state index contributed by atoms with van der Waals surface area (Å²) >= 11 is 0. The summed E-state index contributed by atoms with van der Waals surface area (Å²) in [4.78, 5) is 11.1. The van der Waals surface area contributed by atoms with Gasteiger partial charge in [-0.05, 0) is 53.4 Å². The lowest BCUT2D eigenvalue weighted by molar-refractivity contribution is -0.140. The molecular weight excluding hydrogens is 236 g/mol. The van der Waals surface area contributed by atoms with Crippen LogP contribution in [-0.4, -0.2) is 12.6 Å². The Hall–Kier alpha value is -0.790. The van der Waals surface area contributed by atoms with Crippen LogP contribution in [0.4, 0.5) is 0 Å². The lowest BCUT2D eigenvalue weighted by Gasteiger charge is -2.45. The lowest BCUT2D eigenvalue weighted by Crippen LogP contribution is -2.39. The zero-order valence-electron chi connectivity index (χ0n) is 12.7. The molecule has 4 atom stereocenters. The van der Waals surface area contributed by atoms with Gasteiger partial charge in [-0.2, -0.15) is 0 Å². The van der Waals surface area contributed by atoms with Crippen LogP contribution in [0.1, 0.15) is 59.8 Å². The van der Waals surface area contributed by atoms with Gasteiger partial charge < -0.3 is 4.74 Å². The summed E-state index contributed by atoms with van der Waals surface area (Å²) < 4.78 is 5.28. The van der Waals surface area contributed by atoms with Crippen LogP contribution in [0.2, 0.25) is 0 Å². The number of carbonyl (C=O) groups excluding carboxylic acids is 1. The average Bonchev–Trinajstić information content (AvgIpc) is 2.71. The van der Waals surface area contributed by atoms with Crippen molar-refractivity contribution in [1.82, 2.24) is 0 Å². The summed E-state index contributed by atoms with van der Waals surface area (Å²) in [5.41, 5.74) is 2.70. The number of carbonyl (C=O) groups is 1. The predicted molar refractivity (Wildman–Crippen MR) is 75.6 cm³/mol. The fraction of sp³-hybridized carbons (Fsp3) is 0.824. The fourth-order valence-corrected chi connectivity index (χ4v) is 5.51. The minimum Gasteiger partial charge on any atom is -0.461 e. The third kappa shape index (κ3) is 1.52. The van der Waals surface area contributed by atoms with Crippen molar-refractivity contribution in [3.05, 3.63) is 11.6 Å². The molecule has 2 heteroatoms. The first kappa shape index (κ1) is 13.2. The molecular formula is C17H26O2. The quantitative estimate of drug-likeness (QED) is 0.553. The molecule has 0 heterocycles. The van der Waals surface area contributed by atoms with Gasteiger partial charge in [0.25, 0.3) is 0 Å². The van der Waals surface area contributed by atoms with Crippen LogP contribution >= 0.6 is 0 Å². The minimum atomic E-state index is -0.161. The molecule has 2 bridgehead atoms. The molecule has 106 valence electrons. The molecule has 0 aromatic rings. The first-order valence-corrected chi connectivity index (χ1v) is 7.65. The molecule has 0 aromatic heterocycles. The van der Waals surface area contributed by atoms with E-state index in [1.54, 1.807) is 0 Å². The summed E-state index contributed by atoms with van der Waals surface area (Å²) in [6.45, 7) is 9.51. The summed E-state index contributed by atoms with van der Waals surface area (Å²) in [6.07, 6.45) is 8.89. The zero-order chi connectivity index (χ0) is 13.9. The first-order chi connectivity index (χ1) is 8.82. The number of rotatable bonds is 2. The third-order valence-corrected chi connectivity index (χ3v) is 7.09. The van der Waals surface area contributed by atoms with Gasteiger partial charge >= 0.3 is 5.97 Å². The minimum absolute atomic E-state index is 0.161. The second-order valence-corrected chi connectivity index (χ2v) is 7.68. The predicted octanol–water partition coefficient (Wildman–Crippen LogP) is 4.10.